The van der Waals surface area contributed by atoms with E-state index in [0.717, 1.165) is 113 Å². The fourth-order valence-corrected chi connectivity index (χ4v) is 21.5. The highest BCUT2D eigenvalue weighted by Gasteiger charge is 2.27. The molecule has 0 saturated heterocycles. The number of aromatic nitrogens is 9. The molecule has 0 atom stereocenters. The summed E-state index contributed by atoms with van der Waals surface area (Å²) in [5, 5.41) is 25.2. The van der Waals surface area contributed by atoms with Crippen LogP contribution in [0.2, 0.25) is 0 Å². The summed E-state index contributed by atoms with van der Waals surface area (Å²) in [5.41, 5.74) is 34.3. The van der Waals surface area contributed by atoms with Gasteiger partial charge in [0.25, 0.3) is 0 Å². The molecule has 3 aliphatic carbocycles. The molecule has 25 aromatic rings. The van der Waals surface area contributed by atoms with Gasteiger partial charge in [0.05, 0.1) is 77.6 Å². The van der Waals surface area contributed by atoms with Crippen LogP contribution in [-0.2, 0) is 19.3 Å². The van der Waals surface area contributed by atoms with Gasteiger partial charge >= 0.3 is 0 Å². The van der Waals surface area contributed by atoms with E-state index in [4.69, 9.17) is 15.0 Å². The number of hydrogen-bond acceptors (Lipinski definition) is 6. The minimum absolute atomic E-state index is 0.937. The summed E-state index contributed by atoms with van der Waals surface area (Å²) in [6, 6.07) is 112. The van der Waals surface area contributed by atoms with Crippen LogP contribution < -0.4 is 0 Å². The smallest absolute Gasteiger partial charge is 0.0964 e. The van der Waals surface area contributed by atoms with Crippen molar-refractivity contribution >= 4 is 192 Å². The zero-order valence-corrected chi connectivity index (χ0v) is 69.0. The molecule has 588 valence electrons. The monoisotopic (exact) mass is 1610 g/mol. The van der Waals surface area contributed by atoms with Gasteiger partial charge in [-0.3, -0.25) is 29.9 Å². The molecule has 0 amide bonds. The van der Waals surface area contributed by atoms with Crippen LogP contribution in [0.25, 0.3) is 243 Å². The molecule has 9 heteroatoms. The zero-order chi connectivity index (χ0) is 82.9. The van der Waals surface area contributed by atoms with Crippen LogP contribution in [0.5, 0.6) is 0 Å². The maximum absolute atomic E-state index is 4.93. The second-order valence-corrected chi connectivity index (χ2v) is 34.0. The Morgan fingerprint density at radius 3 is 1.09 bits per heavy atom. The number of pyridine rings is 6. The fraction of sp³-hybridized carbons (Fsp3) is 0.0427. The van der Waals surface area contributed by atoms with Crippen molar-refractivity contribution in [1.29, 1.82) is 0 Å². The fourth-order valence-electron chi connectivity index (χ4n) is 21.5. The predicted octanol–water partition coefficient (Wildman–Crippen LogP) is 29.6. The van der Waals surface area contributed by atoms with E-state index in [1.54, 1.807) is 0 Å². The molecule has 0 unspecified atom stereocenters. The van der Waals surface area contributed by atoms with E-state index in [1.807, 2.05) is 55.4 Å². The van der Waals surface area contributed by atoms with E-state index in [9.17, 15) is 0 Å². The first kappa shape index (κ1) is 71.4. The Morgan fingerprint density at radius 2 is 0.611 bits per heavy atom. The Bertz CT molecular complexity index is 9150. The van der Waals surface area contributed by atoms with Gasteiger partial charge < -0.3 is 13.7 Å². The van der Waals surface area contributed by atoms with E-state index >= 15 is 0 Å². The first-order valence-corrected chi connectivity index (χ1v) is 43.4. The molecule has 0 bridgehead atoms. The van der Waals surface area contributed by atoms with Crippen molar-refractivity contribution in [2.75, 3.05) is 0 Å². The summed E-state index contributed by atoms with van der Waals surface area (Å²) in [5.74, 6) is 0. The van der Waals surface area contributed by atoms with Crippen LogP contribution in [0.4, 0.5) is 0 Å². The number of fused-ring (bicyclic) bond motifs is 22. The van der Waals surface area contributed by atoms with E-state index in [1.165, 1.54) is 176 Å². The molecule has 0 radical (unpaired) electrons. The van der Waals surface area contributed by atoms with Crippen molar-refractivity contribution in [2.24, 2.45) is 0 Å². The Morgan fingerprint density at radius 1 is 0.238 bits per heavy atom. The molecule has 126 heavy (non-hydrogen) atoms. The minimum Gasteiger partial charge on any atom is -0.309 e. The van der Waals surface area contributed by atoms with Gasteiger partial charge in [-0.15, -0.1) is 0 Å². The van der Waals surface area contributed by atoms with Gasteiger partial charge in [-0.1, -0.05) is 243 Å². The number of para-hydroxylation sites is 3. The first-order valence-electron chi connectivity index (χ1n) is 43.4. The lowest BCUT2D eigenvalue weighted by atomic mass is 9.89. The van der Waals surface area contributed by atoms with Gasteiger partial charge in [-0.25, -0.2) is 0 Å². The topological polar surface area (TPSA) is 92.1 Å². The van der Waals surface area contributed by atoms with Crippen LogP contribution in [0.1, 0.15) is 44.5 Å². The maximum atomic E-state index is 4.93. The third-order valence-electron chi connectivity index (χ3n) is 26.9. The average Bonchev–Trinajstić information content (AvgIpc) is 1.56. The number of hydrogen-bond donors (Lipinski definition) is 0. The van der Waals surface area contributed by atoms with Crippen molar-refractivity contribution in [2.45, 2.75) is 33.1 Å². The Balaban J connectivity index is 0.000000101. The van der Waals surface area contributed by atoms with Crippen LogP contribution in [0.15, 0.2) is 365 Å². The molecule has 0 aliphatic heterocycles. The highest BCUT2D eigenvalue weighted by molar-refractivity contribution is 6.22. The van der Waals surface area contributed by atoms with Gasteiger partial charge in [-0.2, -0.15) is 0 Å². The molecule has 16 aromatic carbocycles. The third kappa shape index (κ3) is 11.0. The summed E-state index contributed by atoms with van der Waals surface area (Å²) in [7, 11) is 0. The number of benzene rings is 16. The molecule has 9 heterocycles. The second-order valence-electron chi connectivity index (χ2n) is 34.0. The Kier molecular flexibility index (Phi) is 15.9. The van der Waals surface area contributed by atoms with Crippen molar-refractivity contribution in [3.63, 3.8) is 0 Å². The largest absolute Gasteiger partial charge is 0.309 e. The van der Waals surface area contributed by atoms with E-state index < -0.39 is 0 Å². The predicted molar refractivity (Wildman–Crippen MR) is 528 cm³/mol. The molecule has 9 aromatic heterocycles. The number of allylic oxidation sites excluding steroid dienone is 3. The molecule has 0 fully saturated rings. The normalized spacial score (nSPS) is 12.8. The highest BCUT2D eigenvalue weighted by atomic mass is 15.0. The molecule has 3 aliphatic rings. The molecule has 0 N–H and O–H groups in total. The van der Waals surface area contributed by atoms with Gasteiger partial charge in [0.2, 0.25) is 0 Å². The maximum Gasteiger partial charge on any atom is 0.0964 e. The number of rotatable bonds is 6. The lowest BCUT2D eigenvalue weighted by Gasteiger charge is -2.18. The number of aryl methyl sites for hydroxylation is 2. The Labute approximate surface area is 723 Å². The molecular formula is C117H75N9. The lowest BCUT2D eigenvalue weighted by molar-refractivity contribution is 1.12. The van der Waals surface area contributed by atoms with Gasteiger partial charge in [0.1, 0.15) is 0 Å². The van der Waals surface area contributed by atoms with Crippen molar-refractivity contribution in [1.82, 2.24) is 43.6 Å². The summed E-state index contributed by atoms with van der Waals surface area (Å²) < 4.78 is 7.40. The van der Waals surface area contributed by atoms with Crippen molar-refractivity contribution in [3.05, 3.63) is 409 Å². The zero-order valence-electron chi connectivity index (χ0n) is 69.0. The quantitative estimate of drug-likeness (QED) is 0.154. The van der Waals surface area contributed by atoms with E-state index in [2.05, 4.69) is 370 Å². The molecular weight excluding hydrogens is 1530 g/mol. The van der Waals surface area contributed by atoms with Crippen LogP contribution in [0, 0.1) is 13.8 Å². The minimum atomic E-state index is 0.937. The standard InChI is InChI=1S/C41H25N3.C39H27N3.C37H23N3/c1-2-13-32-31(12-1)30(29-22-28-18-17-26-11-7-21-42-40(26)41(28)43-24-29)19-20-36(32)44-35-16-4-3-14-33(35)39-34-15-6-9-25-8-5-10-27(38(25)34)23-37(39)44;1-23-18-29(30-20-28-16-15-26-11-7-17-40-37(26)38(28)41-22-30)19-24(2)39(23)42-33-14-4-3-12-31(33)36-32-13-6-9-25-8-5-10-27(35(25)32)21-34(36)42;1-2-12-32-30(10-1)35-31-11-4-7-24-6-3-8-26(34(24)31)21-33(35)40(32)29-17-15-23(16-18-29)28-20-27-14-13-25-9-5-19-38-36(25)37(27)39-22-28/h1-14,16-24H,15H2;3-12,14-22H,13H2,1-2H3;1-10,12-22H,11H2. The summed E-state index contributed by atoms with van der Waals surface area (Å²) in [6.07, 6.45) is 28.0. The van der Waals surface area contributed by atoms with Crippen molar-refractivity contribution < 1.29 is 0 Å². The van der Waals surface area contributed by atoms with Crippen LogP contribution >= 0.6 is 0 Å². The van der Waals surface area contributed by atoms with Gasteiger partial charge in [0.15, 0.2) is 0 Å². The van der Waals surface area contributed by atoms with Crippen LogP contribution in [0.3, 0.4) is 0 Å². The summed E-state index contributed by atoms with van der Waals surface area (Å²) in [4.78, 5) is 28.4. The van der Waals surface area contributed by atoms with E-state index in [0.29, 0.717) is 0 Å². The summed E-state index contributed by atoms with van der Waals surface area (Å²) in [6.45, 7) is 4.48. The highest BCUT2D eigenvalue weighted by Crippen LogP contribution is 2.48. The first-order chi connectivity index (χ1) is 62.3. The SMILES string of the molecule is C1=Cc2cccc3cc4c(c(c23)C1)c1ccccc1n4-c1ccc(-c2cnc3c(ccc4cccnc43)c2)c2ccccc12.C1=Cc2cccc3cc4c(c(c23)C1)c1ccccc1n4-c1ccc(-c2cnc3c(ccc4cccnc43)c2)cc1.Cc1cc(-c2cnc3c(ccc4cccnc43)c2)cc(C)c1-n1c2ccccc2c2c3c4c(cccc4cc21)C=CC3. The molecule has 0 saturated carbocycles. The lowest BCUT2D eigenvalue weighted by Crippen LogP contribution is -2.02. The molecule has 0 spiro atoms. The van der Waals surface area contributed by atoms with Gasteiger partial charge in [0, 0.05) is 130 Å². The van der Waals surface area contributed by atoms with Crippen molar-refractivity contribution in [3.8, 4) is 50.4 Å². The second kappa shape index (κ2) is 28.1. The number of nitrogens with zero attached hydrogens (tertiary/aromatic N) is 9. The molecule has 9 nitrogen and oxygen atoms in total. The van der Waals surface area contributed by atoms with Gasteiger partial charge in [-0.05, 0) is 235 Å². The Hall–Kier alpha value is -16.4. The third-order valence-corrected chi connectivity index (χ3v) is 26.9. The van der Waals surface area contributed by atoms with Crippen LogP contribution in [-0.4, -0.2) is 43.6 Å². The average molecular weight is 1610 g/mol. The van der Waals surface area contributed by atoms with E-state index in [-0.39, 0.29) is 0 Å². The molecule has 28 rings (SSSR count). The summed E-state index contributed by atoms with van der Waals surface area (Å²) >= 11 is 0.